The van der Waals surface area contributed by atoms with Gasteiger partial charge in [0, 0.05) is 18.6 Å². The van der Waals surface area contributed by atoms with E-state index < -0.39 is 5.60 Å². The highest BCUT2D eigenvalue weighted by Crippen LogP contribution is 2.30. The summed E-state index contributed by atoms with van der Waals surface area (Å²) in [7, 11) is 1.72. The van der Waals surface area contributed by atoms with Gasteiger partial charge in [-0.1, -0.05) is 0 Å². The van der Waals surface area contributed by atoms with Crippen molar-refractivity contribution in [2.24, 2.45) is 0 Å². The molecule has 23 heavy (non-hydrogen) atoms. The van der Waals surface area contributed by atoms with Gasteiger partial charge in [-0.05, 0) is 26.8 Å². The summed E-state index contributed by atoms with van der Waals surface area (Å²) < 4.78 is 13.2. The zero-order valence-electron chi connectivity index (χ0n) is 13.9. The highest BCUT2D eigenvalue weighted by molar-refractivity contribution is 5.81. The number of pyridine rings is 1. The molecule has 0 radical (unpaired) electrons. The van der Waals surface area contributed by atoms with Crippen molar-refractivity contribution in [1.82, 2.24) is 19.7 Å². The lowest BCUT2D eigenvalue weighted by atomic mass is 10.1. The predicted octanol–water partition coefficient (Wildman–Crippen LogP) is 2.37. The lowest BCUT2D eigenvalue weighted by Gasteiger charge is -2.30. The highest BCUT2D eigenvalue weighted by atomic mass is 16.6. The molecule has 0 saturated heterocycles. The van der Waals surface area contributed by atoms with E-state index >= 15 is 0 Å². The van der Waals surface area contributed by atoms with Crippen LogP contribution in [0.25, 0.3) is 10.9 Å². The third-order valence-corrected chi connectivity index (χ3v) is 3.65. The molecule has 1 aliphatic heterocycles. The predicted molar refractivity (Wildman–Crippen MR) is 85.1 cm³/mol. The second-order valence-corrected chi connectivity index (χ2v) is 6.72. The summed E-state index contributed by atoms with van der Waals surface area (Å²) in [4.78, 5) is 17.8. The fourth-order valence-electron chi connectivity index (χ4n) is 2.68. The largest absolute Gasteiger partial charge is 0.444 e. The minimum atomic E-state index is -0.515. The first-order valence-corrected chi connectivity index (χ1v) is 7.71. The Kier molecular flexibility index (Phi) is 3.97. The Labute approximate surface area is 135 Å². The number of fused-ring (bicyclic) bond motifs is 3. The molecule has 1 aliphatic rings. The Hall–Kier alpha value is -2.15. The number of aromatic nitrogens is 3. The Morgan fingerprint density at radius 3 is 3.04 bits per heavy atom. The molecular weight excluding hydrogens is 296 g/mol. The van der Waals surface area contributed by atoms with Crippen molar-refractivity contribution in [1.29, 1.82) is 0 Å². The molecule has 7 heteroatoms. The quantitative estimate of drug-likeness (QED) is 0.850. The van der Waals surface area contributed by atoms with Crippen LogP contribution >= 0.6 is 0 Å². The third kappa shape index (κ3) is 3.29. The first-order valence-electron chi connectivity index (χ1n) is 7.71. The Balaban J connectivity index is 1.82. The molecule has 0 fully saturated rings. The molecule has 0 aliphatic carbocycles. The molecule has 7 nitrogen and oxygen atoms in total. The van der Waals surface area contributed by atoms with Gasteiger partial charge in [0.15, 0.2) is 0 Å². The van der Waals surface area contributed by atoms with E-state index in [1.807, 2.05) is 31.5 Å². The van der Waals surface area contributed by atoms with Gasteiger partial charge in [0.25, 0.3) is 0 Å². The standard InChI is InChI=1S/C16H22N4O3/c1-16(2,3)23-15(21)19(4)10-13-14-11-5-6-17-9-12(11)18-20(14)7-8-22-13/h5-6,9,13H,7-8,10H2,1-4H3. The Bertz CT molecular complexity index is 720. The molecule has 1 atom stereocenters. The van der Waals surface area contributed by atoms with Gasteiger partial charge in [0.05, 0.1) is 31.6 Å². The summed E-state index contributed by atoms with van der Waals surface area (Å²) in [5.41, 5.74) is 1.32. The Morgan fingerprint density at radius 2 is 2.30 bits per heavy atom. The fourth-order valence-corrected chi connectivity index (χ4v) is 2.68. The maximum absolute atomic E-state index is 12.2. The van der Waals surface area contributed by atoms with Crippen LogP contribution < -0.4 is 0 Å². The number of amides is 1. The van der Waals surface area contributed by atoms with Gasteiger partial charge >= 0.3 is 6.09 Å². The van der Waals surface area contributed by atoms with E-state index in [1.165, 1.54) is 0 Å². The smallest absolute Gasteiger partial charge is 0.410 e. The van der Waals surface area contributed by atoms with Crippen LogP contribution in [0.4, 0.5) is 4.79 Å². The minimum absolute atomic E-state index is 0.228. The van der Waals surface area contributed by atoms with E-state index in [0.29, 0.717) is 19.7 Å². The maximum Gasteiger partial charge on any atom is 0.410 e. The van der Waals surface area contributed by atoms with E-state index in [2.05, 4.69) is 10.1 Å². The van der Waals surface area contributed by atoms with Crippen molar-refractivity contribution >= 4 is 17.0 Å². The molecule has 1 unspecified atom stereocenters. The molecule has 0 spiro atoms. The summed E-state index contributed by atoms with van der Waals surface area (Å²) in [6.45, 7) is 7.25. The molecule has 2 aromatic heterocycles. The van der Waals surface area contributed by atoms with Crippen molar-refractivity contribution < 1.29 is 14.3 Å². The molecule has 3 heterocycles. The molecule has 0 saturated carbocycles. The van der Waals surface area contributed by atoms with Crippen LogP contribution in [-0.4, -0.2) is 51.6 Å². The second-order valence-electron chi connectivity index (χ2n) is 6.72. The summed E-state index contributed by atoms with van der Waals surface area (Å²) in [5.74, 6) is 0. The summed E-state index contributed by atoms with van der Waals surface area (Å²) in [6, 6.07) is 1.93. The molecule has 0 bridgehead atoms. The van der Waals surface area contributed by atoms with Gasteiger partial charge in [-0.3, -0.25) is 9.67 Å². The summed E-state index contributed by atoms with van der Waals surface area (Å²) >= 11 is 0. The SMILES string of the molecule is CN(CC1OCCn2nc3cnccc3c21)C(=O)OC(C)(C)C. The van der Waals surface area contributed by atoms with Gasteiger partial charge in [0.2, 0.25) is 0 Å². The van der Waals surface area contributed by atoms with Crippen LogP contribution in [0.3, 0.4) is 0 Å². The zero-order valence-corrected chi connectivity index (χ0v) is 13.9. The summed E-state index contributed by atoms with van der Waals surface area (Å²) in [6.07, 6.45) is 2.90. The average Bonchev–Trinajstić information content (AvgIpc) is 2.84. The van der Waals surface area contributed by atoms with Gasteiger partial charge < -0.3 is 14.4 Å². The van der Waals surface area contributed by atoms with E-state index in [9.17, 15) is 4.79 Å². The highest BCUT2D eigenvalue weighted by Gasteiger charge is 2.29. The number of hydrogen-bond acceptors (Lipinski definition) is 5. The number of rotatable bonds is 2. The normalized spacial score (nSPS) is 17.8. The maximum atomic E-state index is 12.2. The molecule has 0 aromatic carbocycles. The lowest BCUT2D eigenvalue weighted by molar-refractivity contribution is -0.0136. The monoisotopic (exact) mass is 318 g/mol. The average molecular weight is 318 g/mol. The molecular formula is C16H22N4O3. The first kappa shape index (κ1) is 15.7. The summed E-state index contributed by atoms with van der Waals surface area (Å²) in [5, 5.41) is 5.57. The van der Waals surface area contributed by atoms with E-state index in [4.69, 9.17) is 9.47 Å². The van der Waals surface area contributed by atoms with Gasteiger partial charge in [-0.25, -0.2) is 4.79 Å². The van der Waals surface area contributed by atoms with Crippen molar-refractivity contribution in [2.75, 3.05) is 20.2 Å². The van der Waals surface area contributed by atoms with Crippen LogP contribution in [0.5, 0.6) is 0 Å². The topological polar surface area (TPSA) is 69.5 Å². The van der Waals surface area contributed by atoms with Crippen molar-refractivity contribution in [3.8, 4) is 0 Å². The van der Waals surface area contributed by atoms with Gasteiger partial charge in [-0.2, -0.15) is 5.10 Å². The molecule has 3 rings (SSSR count). The number of carbonyl (C=O) groups excluding carboxylic acids is 1. The number of carbonyl (C=O) groups is 1. The molecule has 2 aromatic rings. The number of likely N-dealkylation sites (N-methyl/N-ethyl adjacent to an activating group) is 1. The van der Waals surface area contributed by atoms with E-state index in [-0.39, 0.29) is 12.2 Å². The number of ether oxygens (including phenoxy) is 2. The molecule has 0 N–H and O–H groups in total. The first-order chi connectivity index (χ1) is 10.8. The van der Waals surface area contributed by atoms with Crippen molar-refractivity contribution in [3.05, 3.63) is 24.2 Å². The van der Waals surface area contributed by atoms with Crippen LogP contribution in [0.15, 0.2) is 18.5 Å². The van der Waals surface area contributed by atoms with Gasteiger partial charge in [0.1, 0.15) is 17.2 Å². The van der Waals surface area contributed by atoms with Crippen LogP contribution in [0.2, 0.25) is 0 Å². The number of hydrogen-bond donors (Lipinski definition) is 0. The molecule has 1 amide bonds. The van der Waals surface area contributed by atoms with Crippen LogP contribution in [0, 0.1) is 0 Å². The third-order valence-electron chi connectivity index (χ3n) is 3.65. The Morgan fingerprint density at radius 1 is 1.52 bits per heavy atom. The van der Waals surface area contributed by atoms with E-state index in [1.54, 1.807) is 24.3 Å². The zero-order chi connectivity index (χ0) is 16.6. The van der Waals surface area contributed by atoms with Crippen LogP contribution in [0.1, 0.15) is 32.6 Å². The van der Waals surface area contributed by atoms with Crippen molar-refractivity contribution in [3.63, 3.8) is 0 Å². The second kappa shape index (κ2) is 5.81. The minimum Gasteiger partial charge on any atom is -0.444 e. The van der Waals surface area contributed by atoms with Crippen molar-refractivity contribution in [2.45, 2.75) is 39.0 Å². The molecule has 124 valence electrons. The van der Waals surface area contributed by atoms with Crippen LogP contribution in [-0.2, 0) is 16.0 Å². The van der Waals surface area contributed by atoms with E-state index in [0.717, 1.165) is 16.6 Å². The number of nitrogens with zero attached hydrogens (tertiary/aromatic N) is 4. The fraction of sp³-hybridized carbons (Fsp3) is 0.562. The van der Waals surface area contributed by atoms with Gasteiger partial charge in [-0.15, -0.1) is 0 Å². The lowest BCUT2D eigenvalue weighted by Crippen LogP contribution is -2.38.